The Morgan fingerprint density at radius 2 is 1.67 bits per heavy atom. The summed E-state index contributed by atoms with van der Waals surface area (Å²) in [4.78, 5) is 46.2. The van der Waals surface area contributed by atoms with Crippen molar-refractivity contribution >= 4 is 39.9 Å². The molecule has 1 fully saturated rings. The Kier molecular flexibility index (Phi) is 10.1. The van der Waals surface area contributed by atoms with Gasteiger partial charge in [0.1, 0.15) is 29.6 Å². The lowest BCUT2D eigenvalue weighted by Gasteiger charge is -2.24. The molecule has 3 aromatic carbocycles. The topological polar surface area (TPSA) is 134 Å². The number of carbonyl (C=O) groups is 3. The lowest BCUT2D eigenvalue weighted by Crippen LogP contribution is -2.29. The van der Waals surface area contributed by atoms with E-state index in [1.165, 1.54) is 27.4 Å². The van der Waals surface area contributed by atoms with E-state index in [1.54, 1.807) is 37.3 Å². The fourth-order valence-corrected chi connectivity index (χ4v) is 6.32. The molecule has 248 valence electrons. The summed E-state index contributed by atoms with van der Waals surface area (Å²) in [7, 11) is 4.33. The molecule has 1 aromatic heterocycles. The molecular formula is C36H34N2O9S. The van der Waals surface area contributed by atoms with Gasteiger partial charge in [0, 0.05) is 5.56 Å². The van der Waals surface area contributed by atoms with E-state index >= 15 is 0 Å². The smallest absolute Gasteiger partial charge is 0.350 e. The first-order valence-corrected chi connectivity index (χ1v) is 15.6. The minimum atomic E-state index is -1.20. The predicted molar refractivity (Wildman–Crippen MR) is 180 cm³/mol. The molecule has 11 nitrogen and oxygen atoms in total. The highest BCUT2D eigenvalue weighted by atomic mass is 32.1. The van der Waals surface area contributed by atoms with Crippen LogP contribution < -0.4 is 23.8 Å². The average molecular weight is 671 g/mol. The monoisotopic (exact) mass is 670 g/mol. The Balaban J connectivity index is 1.64. The maximum absolute atomic E-state index is 13.9. The zero-order valence-electron chi connectivity index (χ0n) is 27.1. The molecule has 0 aliphatic carbocycles. The Morgan fingerprint density at radius 1 is 0.979 bits per heavy atom. The Hall–Kier alpha value is -5.62. The van der Waals surface area contributed by atoms with E-state index in [9.17, 15) is 19.5 Å². The van der Waals surface area contributed by atoms with Crippen LogP contribution in [0.5, 0.6) is 23.0 Å². The first-order chi connectivity index (χ1) is 23.1. The number of aromatic nitrogens is 1. The quantitative estimate of drug-likeness (QED) is 0.0599. The molecule has 5 rings (SSSR count). The number of Topliss-reactive ketones (excluding diaryl/α,β-unsaturated/α-hetero) is 1. The van der Waals surface area contributed by atoms with Crippen LogP contribution in [0.15, 0.2) is 78.9 Å². The molecule has 1 amide bonds. The average Bonchev–Trinajstić information content (AvgIpc) is 3.61. The number of rotatable bonds is 12. The number of aliphatic hydroxyl groups excluding tert-OH is 1. The molecule has 0 unspecified atom stereocenters. The van der Waals surface area contributed by atoms with Gasteiger partial charge in [-0.25, -0.2) is 9.78 Å². The lowest BCUT2D eigenvalue weighted by molar-refractivity contribution is -0.132. The molecule has 0 radical (unpaired) electrons. The number of ketones is 1. The maximum Gasteiger partial charge on any atom is 0.350 e. The van der Waals surface area contributed by atoms with Crippen molar-refractivity contribution in [1.82, 2.24) is 4.98 Å². The molecule has 1 atom stereocenters. The number of amides is 1. The van der Waals surface area contributed by atoms with Crippen LogP contribution in [0.25, 0.3) is 5.76 Å². The van der Waals surface area contributed by atoms with Crippen molar-refractivity contribution in [2.45, 2.75) is 26.5 Å². The molecule has 0 bridgehead atoms. The molecule has 1 saturated heterocycles. The molecule has 1 N–H and O–H groups in total. The number of aliphatic hydroxyl groups is 1. The largest absolute Gasteiger partial charge is 0.507 e. The minimum Gasteiger partial charge on any atom is -0.507 e. The van der Waals surface area contributed by atoms with Crippen molar-refractivity contribution in [1.29, 1.82) is 0 Å². The summed E-state index contributed by atoms with van der Waals surface area (Å²) in [5.41, 5.74) is 2.44. The van der Waals surface area contributed by atoms with E-state index in [-0.39, 0.29) is 33.7 Å². The molecule has 1 aliphatic heterocycles. The number of esters is 1. The van der Waals surface area contributed by atoms with Crippen molar-refractivity contribution in [3.8, 4) is 23.0 Å². The molecular weight excluding hydrogens is 636 g/mol. The fraction of sp³-hybridized carbons (Fsp3) is 0.222. The summed E-state index contributed by atoms with van der Waals surface area (Å²) in [6, 6.07) is 16.6. The standard InChI is InChI=1S/C36H34N2O9S/c1-7-15-46-35(42)33-21(3)37-36(48-33)38-29(24-17-26(43-4)32(45-6)27(18-24)44-5)28(31(40)34(38)41)30(39)23-13-14-25(20(2)16-23)47-19-22-11-9-8-10-12-22/h7-14,16-18,29,39H,1,15,19H2,2-6H3/t29-/m0/s1. The van der Waals surface area contributed by atoms with Gasteiger partial charge < -0.3 is 28.8 Å². The highest BCUT2D eigenvalue weighted by molar-refractivity contribution is 7.17. The van der Waals surface area contributed by atoms with Crippen molar-refractivity contribution in [3.05, 3.63) is 112 Å². The van der Waals surface area contributed by atoms with Gasteiger partial charge in [0.25, 0.3) is 5.78 Å². The van der Waals surface area contributed by atoms with E-state index in [1.807, 2.05) is 37.3 Å². The third-order valence-electron chi connectivity index (χ3n) is 7.64. The molecule has 12 heteroatoms. The van der Waals surface area contributed by atoms with E-state index in [0.29, 0.717) is 40.5 Å². The second kappa shape index (κ2) is 14.4. The third-order valence-corrected chi connectivity index (χ3v) is 8.78. The van der Waals surface area contributed by atoms with Gasteiger partial charge in [-0.05, 0) is 60.9 Å². The number of carbonyl (C=O) groups excluding carboxylic acids is 3. The zero-order chi connectivity index (χ0) is 34.5. The maximum atomic E-state index is 13.9. The number of hydrogen-bond donors (Lipinski definition) is 1. The van der Waals surface area contributed by atoms with Crippen LogP contribution in [0.2, 0.25) is 0 Å². The van der Waals surface area contributed by atoms with Crippen molar-refractivity contribution in [2.24, 2.45) is 0 Å². The summed E-state index contributed by atoms with van der Waals surface area (Å²) in [5.74, 6) is -1.56. The van der Waals surface area contributed by atoms with Gasteiger partial charge in [0.15, 0.2) is 16.6 Å². The minimum absolute atomic E-state index is 0.0169. The van der Waals surface area contributed by atoms with Gasteiger partial charge in [-0.1, -0.05) is 54.3 Å². The second-order valence-electron chi connectivity index (χ2n) is 10.7. The molecule has 0 saturated carbocycles. The molecule has 0 spiro atoms. The van der Waals surface area contributed by atoms with Crippen molar-refractivity contribution in [2.75, 3.05) is 32.8 Å². The van der Waals surface area contributed by atoms with E-state index in [2.05, 4.69) is 11.6 Å². The van der Waals surface area contributed by atoms with Crippen LogP contribution in [0.1, 0.15) is 43.7 Å². The third kappa shape index (κ3) is 6.47. The number of nitrogens with zero attached hydrogens (tertiary/aromatic N) is 2. The van der Waals surface area contributed by atoms with Crippen molar-refractivity contribution in [3.63, 3.8) is 0 Å². The van der Waals surface area contributed by atoms with Gasteiger partial charge in [-0.15, -0.1) is 0 Å². The first kappa shape index (κ1) is 33.7. The van der Waals surface area contributed by atoms with Crippen LogP contribution in [0.4, 0.5) is 5.13 Å². The summed E-state index contributed by atoms with van der Waals surface area (Å²) in [5, 5.41) is 11.8. The molecule has 4 aromatic rings. The normalized spacial score (nSPS) is 15.3. The molecule has 1 aliphatic rings. The molecule has 48 heavy (non-hydrogen) atoms. The van der Waals surface area contributed by atoms with Gasteiger partial charge in [-0.2, -0.15) is 0 Å². The van der Waals surface area contributed by atoms with Crippen LogP contribution in [0, 0.1) is 13.8 Å². The van der Waals surface area contributed by atoms with E-state index in [0.717, 1.165) is 21.8 Å². The Morgan fingerprint density at radius 3 is 2.27 bits per heavy atom. The highest BCUT2D eigenvalue weighted by Gasteiger charge is 2.49. The Bertz CT molecular complexity index is 1890. The van der Waals surface area contributed by atoms with Gasteiger partial charge in [0.2, 0.25) is 5.75 Å². The first-order valence-electron chi connectivity index (χ1n) is 14.8. The number of ether oxygens (including phenoxy) is 5. The number of benzene rings is 3. The van der Waals surface area contributed by atoms with Crippen LogP contribution in [0.3, 0.4) is 0 Å². The highest BCUT2D eigenvalue weighted by Crippen LogP contribution is 2.48. The van der Waals surface area contributed by atoms with Gasteiger partial charge in [0.05, 0.1) is 38.6 Å². The number of anilines is 1. The number of aryl methyl sites for hydroxylation is 2. The summed E-state index contributed by atoms with van der Waals surface area (Å²) in [6.45, 7) is 7.30. The van der Waals surface area contributed by atoms with E-state index < -0.39 is 29.5 Å². The number of thiazole rings is 1. The fourth-order valence-electron chi connectivity index (χ4n) is 5.33. The van der Waals surface area contributed by atoms with Crippen LogP contribution in [-0.2, 0) is 20.9 Å². The van der Waals surface area contributed by atoms with Crippen molar-refractivity contribution < 1.29 is 43.2 Å². The Labute approximate surface area is 281 Å². The van der Waals surface area contributed by atoms with Crippen LogP contribution >= 0.6 is 11.3 Å². The lowest BCUT2D eigenvalue weighted by atomic mass is 9.94. The SMILES string of the molecule is C=CCOC(=O)c1sc(N2C(=O)C(=O)C(=C(O)c3ccc(OCc4ccccc4)c(C)c3)[C@@H]2c2cc(OC)c(OC)c(OC)c2)nc1C. The van der Waals surface area contributed by atoms with Gasteiger partial charge in [-0.3, -0.25) is 14.5 Å². The summed E-state index contributed by atoms with van der Waals surface area (Å²) >= 11 is 0.890. The number of hydrogen-bond acceptors (Lipinski definition) is 11. The zero-order valence-corrected chi connectivity index (χ0v) is 27.9. The summed E-state index contributed by atoms with van der Waals surface area (Å²) < 4.78 is 27.8. The second-order valence-corrected chi connectivity index (χ2v) is 11.7. The molecule has 2 heterocycles. The van der Waals surface area contributed by atoms with E-state index in [4.69, 9.17) is 23.7 Å². The summed E-state index contributed by atoms with van der Waals surface area (Å²) in [6.07, 6.45) is 1.43. The van der Waals surface area contributed by atoms with Gasteiger partial charge >= 0.3 is 11.9 Å². The van der Waals surface area contributed by atoms with Crippen LogP contribution in [-0.4, -0.2) is 55.7 Å². The predicted octanol–water partition coefficient (Wildman–Crippen LogP) is 6.33. The number of methoxy groups -OCH3 is 3.